The Kier molecular flexibility index (Phi) is 3.66. The van der Waals surface area contributed by atoms with Gasteiger partial charge in [-0.05, 0) is 32.9 Å². The van der Waals surface area contributed by atoms with Gasteiger partial charge in [0.05, 0.1) is 31.0 Å². The van der Waals surface area contributed by atoms with Gasteiger partial charge in [-0.3, -0.25) is 0 Å². The zero-order valence-electron chi connectivity index (χ0n) is 11.4. The van der Waals surface area contributed by atoms with Gasteiger partial charge in [-0.2, -0.15) is 0 Å². The van der Waals surface area contributed by atoms with Gasteiger partial charge in [0.1, 0.15) is 5.75 Å². The summed E-state index contributed by atoms with van der Waals surface area (Å²) in [5.74, 6) is 0.761. The maximum absolute atomic E-state index is 5.90. The molecule has 2 rings (SSSR count). The molecule has 0 aliphatic carbocycles. The quantitative estimate of drug-likeness (QED) is 0.836. The average molecular weight is 250 g/mol. The number of nitrogens with two attached hydrogens (primary N) is 1. The van der Waals surface area contributed by atoms with Gasteiger partial charge in [-0.15, -0.1) is 0 Å². The fourth-order valence-electron chi connectivity index (χ4n) is 2.31. The zero-order chi connectivity index (χ0) is 13.2. The third-order valence-electron chi connectivity index (χ3n) is 3.25. The van der Waals surface area contributed by atoms with Gasteiger partial charge in [0, 0.05) is 18.3 Å². The standard InChI is InChI=1S/C14H22N2O2/c1-4-18-13-9-11(5-6-12(13)15)16-7-8-17-10-14(16,2)3/h5-6,9H,4,7-8,10,15H2,1-3H3. The van der Waals surface area contributed by atoms with Crippen LogP contribution < -0.4 is 15.4 Å². The van der Waals surface area contributed by atoms with E-state index in [1.807, 2.05) is 25.1 Å². The van der Waals surface area contributed by atoms with E-state index < -0.39 is 0 Å². The highest BCUT2D eigenvalue weighted by atomic mass is 16.5. The fraction of sp³-hybridized carbons (Fsp3) is 0.571. The second-order valence-electron chi connectivity index (χ2n) is 5.17. The molecule has 18 heavy (non-hydrogen) atoms. The molecule has 4 heteroatoms. The number of anilines is 2. The van der Waals surface area contributed by atoms with Crippen LogP contribution in [0.5, 0.6) is 5.75 Å². The molecular formula is C14H22N2O2. The number of benzene rings is 1. The van der Waals surface area contributed by atoms with Crippen LogP contribution >= 0.6 is 0 Å². The maximum atomic E-state index is 5.90. The smallest absolute Gasteiger partial charge is 0.144 e. The van der Waals surface area contributed by atoms with Gasteiger partial charge in [-0.25, -0.2) is 0 Å². The lowest BCUT2D eigenvalue weighted by molar-refractivity contribution is 0.0644. The highest BCUT2D eigenvalue weighted by molar-refractivity contribution is 5.63. The largest absolute Gasteiger partial charge is 0.492 e. The van der Waals surface area contributed by atoms with Crippen LogP contribution in [0.15, 0.2) is 18.2 Å². The van der Waals surface area contributed by atoms with Gasteiger partial charge in [-0.1, -0.05) is 0 Å². The molecule has 0 saturated carbocycles. The van der Waals surface area contributed by atoms with Crippen molar-refractivity contribution < 1.29 is 9.47 Å². The molecule has 4 nitrogen and oxygen atoms in total. The molecule has 1 aromatic rings. The number of hydrogen-bond acceptors (Lipinski definition) is 4. The first-order valence-corrected chi connectivity index (χ1v) is 6.42. The Bertz CT molecular complexity index is 418. The second kappa shape index (κ2) is 5.06. The Morgan fingerprint density at radius 2 is 2.22 bits per heavy atom. The van der Waals surface area contributed by atoms with Crippen LogP contribution in [0.1, 0.15) is 20.8 Å². The predicted octanol–water partition coefficient (Wildman–Crippen LogP) is 2.28. The third-order valence-corrected chi connectivity index (χ3v) is 3.25. The summed E-state index contributed by atoms with van der Waals surface area (Å²) in [6, 6.07) is 5.97. The summed E-state index contributed by atoms with van der Waals surface area (Å²) in [5.41, 5.74) is 7.73. The minimum Gasteiger partial charge on any atom is -0.492 e. The van der Waals surface area contributed by atoms with Crippen molar-refractivity contribution in [3.05, 3.63) is 18.2 Å². The van der Waals surface area contributed by atoms with E-state index in [0.29, 0.717) is 12.3 Å². The van der Waals surface area contributed by atoms with Gasteiger partial charge in [0.15, 0.2) is 0 Å². The summed E-state index contributed by atoms with van der Waals surface area (Å²) in [5, 5.41) is 0. The molecule has 0 spiro atoms. The van der Waals surface area contributed by atoms with E-state index in [-0.39, 0.29) is 5.54 Å². The number of nitrogen functional groups attached to an aromatic ring is 1. The molecular weight excluding hydrogens is 228 g/mol. The summed E-state index contributed by atoms with van der Waals surface area (Å²) in [4.78, 5) is 2.35. The monoisotopic (exact) mass is 250 g/mol. The lowest BCUT2D eigenvalue weighted by Gasteiger charge is -2.44. The van der Waals surface area contributed by atoms with Crippen LogP contribution in [0.2, 0.25) is 0 Å². The molecule has 1 aliphatic rings. The van der Waals surface area contributed by atoms with Crippen LogP contribution in [0.4, 0.5) is 11.4 Å². The molecule has 0 bridgehead atoms. The van der Waals surface area contributed by atoms with E-state index in [1.54, 1.807) is 0 Å². The Hall–Kier alpha value is -1.42. The van der Waals surface area contributed by atoms with Gasteiger partial charge >= 0.3 is 0 Å². The molecule has 1 fully saturated rings. The maximum Gasteiger partial charge on any atom is 0.144 e. The molecule has 1 aromatic carbocycles. The van der Waals surface area contributed by atoms with Gasteiger partial charge < -0.3 is 20.1 Å². The highest BCUT2D eigenvalue weighted by Crippen LogP contribution is 2.32. The van der Waals surface area contributed by atoms with Crippen molar-refractivity contribution >= 4 is 11.4 Å². The van der Waals surface area contributed by atoms with Crippen LogP contribution in [-0.2, 0) is 4.74 Å². The Balaban J connectivity index is 2.29. The first kappa shape index (κ1) is 13.0. The molecule has 1 saturated heterocycles. The molecule has 0 atom stereocenters. The SMILES string of the molecule is CCOc1cc(N2CCOCC2(C)C)ccc1N. The topological polar surface area (TPSA) is 47.7 Å². The van der Waals surface area contributed by atoms with E-state index in [9.17, 15) is 0 Å². The number of ether oxygens (including phenoxy) is 2. The molecule has 0 aromatic heterocycles. The van der Waals surface area contributed by atoms with Crippen LogP contribution in [-0.4, -0.2) is 31.9 Å². The van der Waals surface area contributed by atoms with E-state index in [4.69, 9.17) is 15.2 Å². The molecule has 2 N–H and O–H groups in total. The van der Waals surface area contributed by atoms with Crippen molar-refractivity contribution in [1.82, 2.24) is 0 Å². The number of nitrogens with zero attached hydrogens (tertiary/aromatic N) is 1. The van der Waals surface area contributed by atoms with Crippen molar-refractivity contribution in [2.45, 2.75) is 26.3 Å². The first-order chi connectivity index (χ1) is 8.54. The molecule has 0 radical (unpaired) electrons. The minimum absolute atomic E-state index is 0.00213. The molecule has 100 valence electrons. The fourth-order valence-corrected chi connectivity index (χ4v) is 2.31. The zero-order valence-corrected chi connectivity index (χ0v) is 11.4. The minimum atomic E-state index is -0.00213. The van der Waals surface area contributed by atoms with Crippen molar-refractivity contribution in [3.8, 4) is 5.75 Å². The number of rotatable bonds is 3. The highest BCUT2D eigenvalue weighted by Gasteiger charge is 2.30. The van der Waals surface area contributed by atoms with Crippen LogP contribution in [0.25, 0.3) is 0 Å². The number of hydrogen-bond donors (Lipinski definition) is 1. The Labute approximate surface area is 109 Å². The molecule has 0 unspecified atom stereocenters. The van der Waals surface area contributed by atoms with E-state index in [1.165, 1.54) is 0 Å². The Morgan fingerprint density at radius 1 is 1.44 bits per heavy atom. The van der Waals surface area contributed by atoms with Crippen molar-refractivity contribution in [2.24, 2.45) is 0 Å². The summed E-state index contributed by atoms with van der Waals surface area (Å²) in [7, 11) is 0. The lowest BCUT2D eigenvalue weighted by atomic mass is 10.0. The summed E-state index contributed by atoms with van der Waals surface area (Å²) in [6.45, 7) is 9.35. The summed E-state index contributed by atoms with van der Waals surface area (Å²) in [6.07, 6.45) is 0. The van der Waals surface area contributed by atoms with Crippen LogP contribution in [0.3, 0.4) is 0 Å². The molecule has 1 heterocycles. The van der Waals surface area contributed by atoms with E-state index >= 15 is 0 Å². The second-order valence-corrected chi connectivity index (χ2v) is 5.17. The van der Waals surface area contributed by atoms with E-state index in [0.717, 1.165) is 31.2 Å². The Morgan fingerprint density at radius 3 is 2.89 bits per heavy atom. The first-order valence-electron chi connectivity index (χ1n) is 6.42. The molecule has 0 amide bonds. The lowest BCUT2D eigenvalue weighted by Crippen LogP contribution is -2.53. The van der Waals surface area contributed by atoms with Crippen LogP contribution in [0, 0.1) is 0 Å². The number of morpholine rings is 1. The summed E-state index contributed by atoms with van der Waals surface area (Å²) < 4.78 is 11.1. The normalized spacial score (nSPS) is 18.7. The third kappa shape index (κ3) is 2.53. The van der Waals surface area contributed by atoms with E-state index in [2.05, 4.69) is 18.7 Å². The molecule has 1 aliphatic heterocycles. The predicted molar refractivity (Wildman–Crippen MR) is 74.3 cm³/mol. The van der Waals surface area contributed by atoms with Gasteiger partial charge in [0.25, 0.3) is 0 Å². The van der Waals surface area contributed by atoms with Crippen molar-refractivity contribution in [3.63, 3.8) is 0 Å². The van der Waals surface area contributed by atoms with Gasteiger partial charge in [0.2, 0.25) is 0 Å². The van der Waals surface area contributed by atoms with Crippen molar-refractivity contribution in [2.75, 3.05) is 37.0 Å². The summed E-state index contributed by atoms with van der Waals surface area (Å²) >= 11 is 0. The van der Waals surface area contributed by atoms with Crippen molar-refractivity contribution in [1.29, 1.82) is 0 Å². The average Bonchev–Trinajstić information content (AvgIpc) is 2.32.